The third kappa shape index (κ3) is 4.31. The first kappa shape index (κ1) is 19.9. The molecule has 2 aromatic heterocycles. The lowest BCUT2D eigenvalue weighted by Gasteiger charge is -2.07. The summed E-state index contributed by atoms with van der Waals surface area (Å²) in [7, 11) is 0. The van der Waals surface area contributed by atoms with E-state index in [4.69, 9.17) is 9.47 Å². The number of hydrogen-bond acceptors (Lipinski definition) is 5. The molecule has 4 rings (SSSR count). The minimum atomic E-state index is -0.462. The summed E-state index contributed by atoms with van der Waals surface area (Å²) in [5.41, 5.74) is 4.20. The smallest absolute Gasteiger partial charge is 0.338 e. The van der Waals surface area contributed by atoms with E-state index in [0.29, 0.717) is 22.4 Å². The van der Waals surface area contributed by atoms with Crippen molar-refractivity contribution in [1.82, 2.24) is 4.40 Å². The Morgan fingerprint density at radius 2 is 1.65 bits per heavy atom. The number of hydrogen-bond donors (Lipinski definition) is 0. The van der Waals surface area contributed by atoms with Crippen molar-refractivity contribution in [2.45, 2.75) is 13.5 Å². The van der Waals surface area contributed by atoms with Crippen molar-refractivity contribution in [1.29, 1.82) is 5.26 Å². The molecule has 0 aliphatic heterocycles. The van der Waals surface area contributed by atoms with Crippen LogP contribution in [0.25, 0.3) is 16.6 Å². The lowest BCUT2D eigenvalue weighted by atomic mass is 10.0. The lowest BCUT2D eigenvalue weighted by Crippen LogP contribution is -2.05. The third-order valence-corrected chi connectivity index (χ3v) is 4.80. The van der Waals surface area contributed by atoms with Crippen LogP contribution in [0.5, 0.6) is 5.75 Å². The number of pyridine rings is 1. The van der Waals surface area contributed by atoms with Crippen LogP contribution in [0.15, 0.2) is 79.1 Å². The third-order valence-electron chi connectivity index (χ3n) is 4.80. The average Bonchev–Trinajstić information content (AvgIpc) is 3.15. The second kappa shape index (κ2) is 8.56. The summed E-state index contributed by atoms with van der Waals surface area (Å²) in [6.07, 6.45) is 3.64. The predicted molar refractivity (Wildman–Crippen MR) is 114 cm³/mol. The van der Waals surface area contributed by atoms with E-state index in [1.54, 1.807) is 30.5 Å². The maximum atomic E-state index is 12.5. The zero-order chi connectivity index (χ0) is 21.8. The summed E-state index contributed by atoms with van der Waals surface area (Å²) >= 11 is 0. The number of rotatable bonds is 5. The molecule has 0 saturated heterocycles. The SMILES string of the molecule is CC(=O)Oc1ccc(-c2ccc(C(=O)OCc3cn4ccccc4c3C#N)cc2)cc1. The van der Waals surface area contributed by atoms with Gasteiger partial charge in [-0.25, -0.2) is 4.79 Å². The highest BCUT2D eigenvalue weighted by atomic mass is 16.5. The maximum absolute atomic E-state index is 12.5. The second-order valence-corrected chi connectivity index (χ2v) is 6.91. The molecule has 0 spiro atoms. The summed E-state index contributed by atoms with van der Waals surface area (Å²) in [6, 6.07) is 21.9. The van der Waals surface area contributed by atoms with E-state index < -0.39 is 5.97 Å². The molecule has 6 nitrogen and oxygen atoms in total. The van der Waals surface area contributed by atoms with Crippen LogP contribution in [0.4, 0.5) is 0 Å². The number of nitrogens with zero attached hydrogens (tertiary/aromatic N) is 2. The predicted octanol–water partition coefficient (Wildman–Crippen LogP) is 4.76. The van der Waals surface area contributed by atoms with Crippen LogP contribution in [0.1, 0.15) is 28.4 Å². The van der Waals surface area contributed by atoms with Crippen molar-refractivity contribution in [3.63, 3.8) is 0 Å². The zero-order valence-corrected chi connectivity index (χ0v) is 16.7. The number of esters is 2. The largest absolute Gasteiger partial charge is 0.457 e. The van der Waals surface area contributed by atoms with Gasteiger partial charge in [-0.2, -0.15) is 5.26 Å². The van der Waals surface area contributed by atoms with E-state index in [-0.39, 0.29) is 12.6 Å². The molecule has 0 radical (unpaired) electrons. The molecule has 0 aliphatic carbocycles. The Balaban J connectivity index is 1.44. The van der Waals surface area contributed by atoms with Gasteiger partial charge in [0.25, 0.3) is 0 Å². The van der Waals surface area contributed by atoms with Gasteiger partial charge < -0.3 is 13.9 Å². The summed E-state index contributed by atoms with van der Waals surface area (Å²) in [6.45, 7) is 1.37. The Kier molecular flexibility index (Phi) is 5.50. The molecule has 0 N–H and O–H groups in total. The quantitative estimate of drug-likeness (QED) is 0.350. The first-order valence-corrected chi connectivity index (χ1v) is 9.60. The second-order valence-electron chi connectivity index (χ2n) is 6.91. The van der Waals surface area contributed by atoms with Crippen molar-refractivity contribution < 1.29 is 19.1 Å². The number of ether oxygens (including phenoxy) is 2. The molecule has 0 aliphatic rings. The highest BCUT2D eigenvalue weighted by Crippen LogP contribution is 2.24. The Morgan fingerprint density at radius 1 is 0.968 bits per heavy atom. The lowest BCUT2D eigenvalue weighted by molar-refractivity contribution is -0.131. The Labute approximate surface area is 178 Å². The van der Waals surface area contributed by atoms with E-state index in [0.717, 1.165) is 16.6 Å². The fraction of sp³-hybridized carbons (Fsp3) is 0.0800. The maximum Gasteiger partial charge on any atom is 0.338 e. The molecule has 0 unspecified atom stereocenters. The molecule has 2 aromatic carbocycles. The first-order chi connectivity index (χ1) is 15.0. The van der Waals surface area contributed by atoms with Crippen LogP contribution >= 0.6 is 0 Å². The molecule has 2 heterocycles. The number of aromatic nitrogens is 1. The van der Waals surface area contributed by atoms with Crippen molar-refractivity contribution in [3.05, 3.63) is 95.8 Å². The molecule has 4 aromatic rings. The molecule has 0 bridgehead atoms. The van der Waals surface area contributed by atoms with E-state index in [1.807, 2.05) is 53.1 Å². The normalized spacial score (nSPS) is 10.5. The van der Waals surface area contributed by atoms with Gasteiger partial charge in [0.15, 0.2) is 0 Å². The Bertz CT molecular complexity index is 1300. The van der Waals surface area contributed by atoms with Gasteiger partial charge in [-0.05, 0) is 47.5 Å². The van der Waals surface area contributed by atoms with E-state index >= 15 is 0 Å². The fourth-order valence-electron chi connectivity index (χ4n) is 3.32. The Hall–Kier alpha value is -4.37. The summed E-state index contributed by atoms with van der Waals surface area (Å²) in [5, 5.41) is 9.46. The topological polar surface area (TPSA) is 80.8 Å². The first-order valence-electron chi connectivity index (χ1n) is 9.60. The van der Waals surface area contributed by atoms with E-state index in [9.17, 15) is 14.9 Å². The summed E-state index contributed by atoms with van der Waals surface area (Å²) in [4.78, 5) is 23.5. The molecule has 0 fully saturated rings. The molecule has 6 heteroatoms. The van der Waals surface area contributed by atoms with Gasteiger partial charge in [0.1, 0.15) is 18.4 Å². The van der Waals surface area contributed by atoms with Gasteiger partial charge in [-0.1, -0.05) is 30.3 Å². The molecule has 0 amide bonds. The highest BCUT2D eigenvalue weighted by molar-refractivity contribution is 5.90. The summed E-state index contributed by atoms with van der Waals surface area (Å²) in [5.74, 6) is -0.353. The summed E-state index contributed by atoms with van der Waals surface area (Å²) < 4.78 is 12.3. The van der Waals surface area contributed by atoms with Gasteiger partial charge in [-0.15, -0.1) is 0 Å². The van der Waals surface area contributed by atoms with E-state index in [2.05, 4.69) is 6.07 Å². The minimum Gasteiger partial charge on any atom is -0.457 e. The standard InChI is InChI=1S/C25H18N2O4/c1-17(28)31-22-11-9-19(10-12-22)18-5-7-20(8-6-18)25(29)30-16-21-15-27-13-3-2-4-24(27)23(21)14-26/h2-13,15H,16H2,1H3. The zero-order valence-electron chi connectivity index (χ0n) is 16.7. The van der Waals surface area contributed by atoms with Crippen LogP contribution in [0, 0.1) is 11.3 Å². The number of carbonyl (C=O) groups excluding carboxylic acids is 2. The molecule has 0 saturated carbocycles. The Morgan fingerprint density at radius 3 is 2.29 bits per heavy atom. The van der Waals surface area contributed by atoms with Crippen molar-refractivity contribution >= 4 is 17.5 Å². The number of benzene rings is 2. The van der Waals surface area contributed by atoms with Gasteiger partial charge in [0.05, 0.1) is 16.6 Å². The van der Waals surface area contributed by atoms with Crippen LogP contribution in [-0.2, 0) is 16.1 Å². The molecular formula is C25H18N2O4. The van der Waals surface area contributed by atoms with Gasteiger partial charge >= 0.3 is 11.9 Å². The average molecular weight is 410 g/mol. The van der Waals surface area contributed by atoms with Crippen LogP contribution in [0.3, 0.4) is 0 Å². The van der Waals surface area contributed by atoms with Gasteiger partial charge in [0.2, 0.25) is 0 Å². The minimum absolute atomic E-state index is 0.0166. The fourth-order valence-corrected chi connectivity index (χ4v) is 3.32. The van der Waals surface area contributed by atoms with Gasteiger partial charge in [-0.3, -0.25) is 4.79 Å². The van der Waals surface area contributed by atoms with Crippen LogP contribution < -0.4 is 4.74 Å². The van der Waals surface area contributed by atoms with E-state index in [1.165, 1.54) is 6.92 Å². The van der Waals surface area contributed by atoms with Crippen LogP contribution in [-0.4, -0.2) is 16.3 Å². The number of carbonyl (C=O) groups is 2. The molecule has 0 atom stereocenters. The van der Waals surface area contributed by atoms with Crippen LogP contribution in [0.2, 0.25) is 0 Å². The monoisotopic (exact) mass is 410 g/mol. The van der Waals surface area contributed by atoms with Gasteiger partial charge in [0, 0.05) is 24.9 Å². The highest BCUT2D eigenvalue weighted by Gasteiger charge is 2.13. The molecule has 152 valence electrons. The molecular weight excluding hydrogens is 392 g/mol. The van der Waals surface area contributed by atoms with Crippen molar-refractivity contribution in [2.24, 2.45) is 0 Å². The molecule has 31 heavy (non-hydrogen) atoms. The van der Waals surface area contributed by atoms with Crippen molar-refractivity contribution in [2.75, 3.05) is 0 Å². The van der Waals surface area contributed by atoms with Crippen molar-refractivity contribution in [3.8, 4) is 22.9 Å². The number of fused-ring (bicyclic) bond motifs is 1. The number of nitriles is 1.